The molecule has 2 N–H and O–H groups in total. The third kappa shape index (κ3) is 4.43. The highest BCUT2D eigenvalue weighted by Gasteiger charge is 2.14. The Bertz CT molecular complexity index is 1270. The van der Waals surface area contributed by atoms with E-state index in [4.69, 9.17) is 8.94 Å². The summed E-state index contributed by atoms with van der Waals surface area (Å²) in [6, 6.07) is 12.0. The second-order valence-corrected chi connectivity index (χ2v) is 6.42. The molecule has 0 fully saturated rings. The fourth-order valence-corrected chi connectivity index (χ4v) is 2.85. The molecule has 0 radical (unpaired) electrons. The molecule has 0 aliphatic rings. The van der Waals surface area contributed by atoms with Crippen molar-refractivity contribution in [3.63, 3.8) is 0 Å². The molecule has 0 saturated heterocycles. The minimum Gasteiger partial charge on any atom is -0.461 e. The van der Waals surface area contributed by atoms with Crippen LogP contribution in [-0.4, -0.2) is 25.6 Å². The highest BCUT2D eigenvalue weighted by Crippen LogP contribution is 2.21. The van der Waals surface area contributed by atoms with Crippen molar-refractivity contribution in [1.29, 1.82) is 0 Å². The summed E-state index contributed by atoms with van der Waals surface area (Å²) < 4.78 is 11.8. The van der Waals surface area contributed by atoms with Gasteiger partial charge in [0.2, 0.25) is 17.6 Å². The normalized spacial score (nSPS) is 10.8. The topological polar surface area (TPSA) is 136 Å². The highest BCUT2D eigenvalue weighted by molar-refractivity contribution is 5.91. The molecule has 3 heterocycles. The van der Waals surface area contributed by atoms with Gasteiger partial charge in [0.1, 0.15) is 0 Å². The molecule has 10 heteroatoms. The molecule has 0 aliphatic heterocycles. The van der Waals surface area contributed by atoms with Crippen LogP contribution in [0.5, 0.6) is 0 Å². The van der Waals surface area contributed by atoms with Gasteiger partial charge in [-0.15, -0.1) is 0 Å². The predicted octanol–water partition coefficient (Wildman–Crippen LogP) is 1.80. The molecule has 4 aromatic rings. The number of nitrogens with one attached hydrogen (secondary N) is 2. The number of rotatable bonds is 7. The van der Waals surface area contributed by atoms with E-state index in [1.54, 1.807) is 24.3 Å². The van der Waals surface area contributed by atoms with Gasteiger partial charge in [-0.3, -0.25) is 14.6 Å². The molecule has 0 atom stereocenters. The number of carbonyl (C=O) groups excluding carboxylic acids is 1. The lowest BCUT2D eigenvalue weighted by atomic mass is 10.1. The number of aryl methyl sites for hydroxylation is 1. The number of amides is 1. The first-order valence-electron chi connectivity index (χ1n) is 9.12. The Balaban J connectivity index is 1.42. The van der Waals surface area contributed by atoms with E-state index >= 15 is 0 Å². The summed E-state index contributed by atoms with van der Waals surface area (Å²) in [6.45, 7) is 0.139. The number of carbonyl (C=O) groups is 1. The minimum atomic E-state index is -0.556. The maximum absolute atomic E-state index is 12.4. The zero-order valence-corrected chi connectivity index (χ0v) is 15.7. The summed E-state index contributed by atoms with van der Waals surface area (Å²) in [6.07, 6.45) is 3.26. The zero-order chi connectivity index (χ0) is 20.9. The Labute approximate surface area is 169 Å². The molecule has 10 nitrogen and oxygen atoms in total. The Morgan fingerprint density at radius 3 is 2.80 bits per heavy atom. The Hall–Kier alpha value is -4.21. The molecule has 152 valence electrons. The maximum Gasteiger partial charge on any atom is 0.328 e. The summed E-state index contributed by atoms with van der Waals surface area (Å²) in [7, 11) is 0. The van der Waals surface area contributed by atoms with Crippen molar-refractivity contribution in [2.45, 2.75) is 19.4 Å². The van der Waals surface area contributed by atoms with E-state index in [9.17, 15) is 14.4 Å². The predicted molar refractivity (Wildman–Crippen MR) is 106 cm³/mol. The quantitative estimate of drug-likeness (QED) is 0.477. The fraction of sp³-hybridized carbons (Fsp3) is 0.150. The van der Waals surface area contributed by atoms with Crippen molar-refractivity contribution in [3.05, 3.63) is 87.2 Å². The van der Waals surface area contributed by atoms with Crippen LogP contribution >= 0.6 is 0 Å². The van der Waals surface area contributed by atoms with Gasteiger partial charge in [-0.2, -0.15) is 4.98 Å². The maximum atomic E-state index is 12.4. The van der Waals surface area contributed by atoms with Crippen LogP contribution in [0.25, 0.3) is 11.6 Å². The molecule has 3 aromatic heterocycles. The van der Waals surface area contributed by atoms with Crippen molar-refractivity contribution < 1.29 is 13.7 Å². The Morgan fingerprint density at radius 2 is 2.00 bits per heavy atom. The van der Waals surface area contributed by atoms with Crippen molar-refractivity contribution in [3.8, 4) is 11.6 Å². The number of furan rings is 1. The first kappa shape index (κ1) is 19.1. The number of aromatic amines is 1. The van der Waals surface area contributed by atoms with Gasteiger partial charge in [0, 0.05) is 30.9 Å². The summed E-state index contributed by atoms with van der Waals surface area (Å²) >= 11 is 0. The van der Waals surface area contributed by atoms with Gasteiger partial charge in [0.15, 0.2) is 5.76 Å². The molecule has 1 amide bonds. The summed E-state index contributed by atoms with van der Waals surface area (Å²) in [4.78, 5) is 41.6. The lowest BCUT2D eigenvalue weighted by Gasteiger charge is -2.10. The standard InChI is InChI=1S/C20H17N5O5/c26-16(7-9-25-10-8-17(27)22-20(25)28)21-14-5-2-1-4-13(14)12-18-23-19(24-30-18)15-6-3-11-29-15/h1-6,8,10-11H,7,9,12H2,(H,21,26)(H,22,27,28). The van der Waals surface area contributed by atoms with Crippen LogP contribution < -0.4 is 16.6 Å². The molecule has 0 saturated carbocycles. The van der Waals surface area contributed by atoms with E-state index in [-0.39, 0.29) is 18.9 Å². The van der Waals surface area contributed by atoms with Crippen molar-refractivity contribution >= 4 is 11.6 Å². The molecular formula is C20H17N5O5. The van der Waals surface area contributed by atoms with Gasteiger partial charge in [-0.25, -0.2) is 4.79 Å². The zero-order valence-electron chi connectivity index (χ0n) is 15.7. The third-order valence-corrected chi connectivity index (χ3v) is 4.32. The van der Waals surface area contributed by atoms with E-state index in [0.717, 1.165) is 5.56 Å². The molecule has 0 spiro atoms. The van der Waals surface area contributed by atoms with Crippen LogP contribution in [0.4, 0.5) is 5.69 Å². The monoisotopic (exact) mass is 407 g/mol. The van der Waals surface area contributed by atoms with Gasteiger partial charge in [0.05, 0.1) is 12.7 Å². The van der Waals surface area contributed by atoms with Crippen LogP contribution in [0.2, 0.25) is 0 Å². The Kier molecular flexibility index (Phi) is 5.37. The number of benzene rings is 1. The number of hydrogen-bond donors (Lipinski definition) is 2. The molecular weight excluding hydrogens is 390 g/mol. The Morgan fingerprint density at radius 1 is 1.13 bits per heavy atom. The highest BCUT2D eigenvalue weighted by atomic mass is 16.5. The van der Waals surface area contributed by atoms with Gasteiger partial charge < -0.3 is 18.8 Å². The van der Waals surface area contributed by atoms with Crippen molar-refractivity contribution in [1.82, 2.24) is 19.7 Å². The van der Waals surface area contributed by atoms with Crippen LogP contribution in [0.1, 0.15) is 17.9 Å². The summed E-state index contributed by atoms with van der Waals surface area (Å²) in [5, 5.41) is 6.73. The molecule has 4 rings (SSSR count). The molecule has 0 bridgehead atoms. The molecule has 0 aliphatic carbocycles. The van der Waals surface area contributed by atoms with E-state index in [1.807, 2.05) is 12.1 Å². The van der Waals surface area contributed by atoms with Crippen LogP contribution in [0, 0.1) is 0 Å². The molecule has 0 unspecified atom stereocenters. The second-order valence-electron chi connectivity index (χ2n) is 6.42. The number of H-pyrrole nitrogens is 1. The SMILES string of the molecule is O=C(CCn1ccc(=O)[nH]c1=O)Nc1ccccc1Cc1nc(-c2ccco2)no1. The number of anilines is 1. The number of aromatic nitrogens is 4. The number of hydrogen-bond acceptors (Lipinski definition) is 7. The van der Waals surface area contributed by atoms with E-state index in [2.05, 4.69) is 20.4 Å². The lowest BCUT2D eigenvalue weighted by molar-refractivity contribution is -0.116. The van der Waals surface area contributed by atoms with E-state index in [0.29, 0.717) is 29.6 Å². The van der Waals surface area contributed by atoms with Gasteiger partial charge >= 0.3 is 5.69 Å². The van der Waals surface area contributed by atoms with E-state index < -0.39 is 11.2 Å². The average molecular weight is 407 g/mol. The number of nitrogens with zero attached hydrogens (tertiary/aromatic N) is 3. The van der Waals surface area contributed by atoms with Crippen molar-refractivity contribution in [2.75, 3.05) is 5.32 Å². The third-order valence-electron chi connectivity index (χ3n) is 4.32. The first-order valence-corrected chi connectivity index (χ1v) is 9.12. The van der Waals surface area contributed by atoms with Crippen molar-refractivity contribution in [2.24, 2.45) is 0 Å². The van der Waals surface area contributed by atoms with Crippen LogP contribution in [0.3, 0.4) is 0 Å². The smallest absolute Gasteiger partial charge is 0.328 e. The van der Waals surface area contributed by atoms with Gasteiger partial charge in [0.25, 0.3) is 5.56 Å². The fourth-order valence-electron chi connectivity index (χ4n) is 2.85. The summed E-state index contributed by atoms with van der Waals surface area (Å²) in [5.41, 5.74) is 0.362. The molecule has 30 heavy (non-hydrogen) atoms. The molecule has 1 aromatic carbocycles. The second kappa shape index (κ2) is 8.43. The number of para-hydroxylation sites is 1. The van der Waals surface area contributed by atoms with Gasteiger partial charge in [-0.1, -0.05) is 23.4 Å². The summed E-state index contributed by atoms with van der Waals surface area (Å²) in [5.74, 6) is 0.956. The van der Waals surface area contributed by atoms with Crippen LogP contribution in [0.15, 0.2) is 73.5 Å². The van der Waals surface area contributed by atoms with E-state index in [1.165, 1.54) is 23.1 Å². The average Bonchev–Trinajstić information content (AvgIpc) is 3.41. The van der Waals surface area contributed by atoms with Crippen LogP contribution in [-0.2, 0) is 17.8 Å². The minimum absolute atomic E-state index is 0.0590. The lowest BCUT2D eigenvalue weighted by Crippen LogP contribution is -2.29. The first-order chi connectivity index (χ1) is 14.6. The largest absolute Gasteiger partial charge is 0.461 e. The van der Waals surface area contributed by atoms with Gasteiger partial charge in [-0.05, 0) is 23.8 Å².